The number of carbonyl (C=O) groups is 1. The first-order chi connectivity index (χ1) is 12.3. The van der Waals surface area contributed by atoms with Crippen molar-refractivity contribution in [2.24, 2.45) is 0 Å². The van der Waals surface area contributed by atoms with Gasteiger partial charge < -0.3 is 14.6 Å². The third-order valence-electron chi connectivity index (χ3n) is 4.71. The minimum absolute atomic E-state index is 0.0362. The van der Waals surface area contributed by atoms with Crippen LogP contribution in [0.15, 0.2) is 36.9 Å². The lowest BCUT2D eigenvalue weighted by Crippen LogP contribution is -2.38. The number of hydrogen-bond acceptors (Lipinski definition) is 3. The van der Waals surface area contributed by atoms with Crippen LogP contribution in [0.4, 0.5) is 0 Å². The van der Waals surface area contributed by atoms with Crippen LogP contribution in [0.5, 0.6) is 5.75 Å². The number of amides is 1. The number of benzene rings is 1. The number of fused-ring (bicyclic) bond motifs is 1. The Morgan fingerprint density at radius 2 is 2.16 bits per heavy atom. The van der Waals surface area contributed by atoms with E-state index in [9.17, 15) is 4.79 Å². The maximum Gasteiger partial charge on any atom is 0.261 e. The fourth-order valence-electron chi connectivity index (χ4n) is 3.28. The lowest BCUT2D eigenvalue weighted by Gasteiger charge is -2.20. The number of carbonyl (C=O) groups excluding carboxylic acids is 1. The summed E-state index contributed by atoms with van der Waals surface area (Å²) in [4.78, 5) is 16.4. The van der Waals surface area contributed by atoms with E-state index < -0.39 is 6.10 Å². The van der Waals surface area contributed by atoms with Gasteiger partial charge in [0.25, 0.3) is 5.91 Å². The van der Waals surface area contributed by atoms with Crippen molar-refractivity contribution in [3.8, 4) is 5.75 Å². The number of rotatable bonds is 8. The van der Waals surface area contributed by atoms with Gasteiger partial charge in [-0.25, -0.2) is 4.98 Å². The summed E-state index contributed by atoms with van der Waals surface area (Å²) in [6.07, 6.45) is 11.4. The fourth-order valence-corrected chi connectivity index (χ4v) is 3.28. The monoisotopic (exact) mass is 341 g/mol. The summed E-state index contributed by atoms with van der Waals surface area (Å²) >= 11 is 0. The van der Waals surface area contributed by atoms with Crippen LogP contribution in [0, 0.1) is 0 Å². The summed E-state index contributed by atoms with van der Waals surface area (Å²) in [5, 5.41) is 2.98. The standard InChI is InChI=1S/C20H27N3O2/c1-2-19(20(24)22-10-5-12-23-13-11-21-15-23)25-18-9-8-16-6-3-4-7-17(16)14-18/h8-9,11,13-15,19H,2-7,10,12H2,1H3,(H,22,24). The number of aromatic nitrogens is 2. The minimum Gasteiger partial charge on any atom is -0.481 e. The summed E-state index contributed by atoms with van der Waals surface area (Å²) in [5.74, 6) is 0.770. The molecule has 1 heterocycles. The molecule has 134 valence electrons. The van der Waals surface area contributed by atoms with Gasteiger partial charge in [0.05, 0.1) is 6.33 Å². The van der Waals surface area contributed by atoms with Crippen molar-refractivity contribution in [2.45, 2.75) is 58.1 Å². The van der Waals surface area contributed by atoms with Crippen LogP contribution in [0.1, 0.15) is 43.7 Å². The van der Waals surface area contributed by atoms with Gasteiger partial charge in [-0.05, 0) is 61.8 Å². The fraction of sp³-hybridized carbons (Fsp3) is 0.500. The van der Waals surface area contributed by atoms with Crippen LogP contribution >= 0.6 is 0 Å². The van der Waals surface area contributed by atoms with Gasteiger partial charge in [0.1, 0.15) is 5.75 Å². The molecule has 0 spiro atoms. The molecule has 1 aromatic heterocycles. The zero-order valence-corrected chi connectivity index (χ0v) is 14.9. The second-order valence-corrected chi connectivity index (χ2v) is 6.60. The molecule has 0 fully saturated rings. The molecular weight excluding hydrogens is 314 g/mol. The number of nitrogens with one attached hydrogen (secondary N) is 1. The van der Waals surface area contributed by atoms with E-state index >= 15 is 0 Å². The van der Waals surface area contributed by atoms with Crippen molar-refractivity contribution in [1.29, 1.82) is 0 Å². The Bertz CT molecular complexity index is 682. The first kappa shape index (κ1) is 17.5. The normalized spacial score (nSPS) is 14.6. The number of ether oxygens (including phenoxy) is 1. The van der Waals surface area contributed by atoms with Crippen molar-refractivity contribution >= 4 is 5.91 Å². The van der Waals surface area contributed by atoms with Gasteiger partial charge in [-0.15, -0.1) is 0 Å². The van der Waals surface area contributed by atoms with Gasteiger partial charge in [0, 0.05) is 25.5 Å². The molecule has 1 atom stereocenters. The van der Waals surface area contributed by atoms with Gasteiger partial charge in [-0.3, -0.25) is 4.79 Å². The number of aryl methyl sites for hydroxylation is 3. The molecule has 5 nitrogen and oxygen atoms in total. The molecule has 0 aliphatic heterocycles. The Morgan fingerprint density at radius 1 is 1.32 bits per heavy atom. The zero-order chi connectivity index (χ0) is 17.5. The van der Waals surface area contributed by atoms with Gasteiger partial charge in [-0.2, -0.15) is 0 Å². The average Bonchev–Trinajstić information content (AvgIpc) is 3.16. The van der Waals surface area contributed by atoms with Crippen LogP contribution in [0.3, 0.4) is 0 Å². The van der Waals surface area contributed by atoms with Crippen molar-refractivity contribution in [2.75, 3.05) is 6.54 Å². The molecule has 0 saturated carbocycles. The topological polar surface area (TPSA) is 56.1 Å². The predicted molar refractivity (Wildman–Crippen MR) is 97.6 cm³/mol. The first-order valence-corrected chi connectivity index (χ1v) is 9.28. The summed E-state index contributed by atoms with van der Waals surface area (Å²) in [6.45, 7) is 3.47. The quantitative estimate of drug-likeness (QED) is 0.751. The summed E-state index contributed by atoms with van der Waals surface area (Å²) in [7, 11) is 0. The van der Waals surface area contributed by atoms with Crippen LogP contribution in [0.25, 0.3) is 0 Å². The SMILES string of the molecule is CCC(Oc1ccc2c(c1)CCCC2)C(=O)NCCCn1ccnc1. The highest BCUT2D eigenvalue weighted by atomic mass is 16.5. The molecule has 3 rings (SSSR count). The van der Waals surface area contributed by atoms with Crippen LogP contribution in [-0.4, -0.2) is 28.1 Å². The Morgan fingerprint density at radius 3 is 2.92 bits per heavy atom. The van der Waals surface area contributed by atoms with Gasteiger partial charge in [-0.1, -0.05) is 13.0 Å². The molecule has 1 aliphatic rings. The van der Waals surface area contributed by atoms with E-state index in [1.54, 1.807) is 12.5 Å². The number of nitrogens with zero attached hydrogens (tertiary/aromatic N) is 2. The van der Waals surface area contributed by atoms with E-state index in [4.69, 9.17) is 4.74 Å². The molecule has 1 N–H and O–H groups in total. The molecule has 2 aromatic rings. The van der Waals surface area contributed by atoms with E-state index in [0.29, 0.717) is 13.0 Å². The van der Waals surface area contributed by atoms with E-state index in [-0.39, 0.29) is 5.91 Å². The Kier molecular flexibility index (Phi) is 6.09. The molecule has 1 amide bonds. The van der Waals surface area contributed by atoms with Gasteiger partial charge in [0.15, 0.2) is 6.10 Å². The number of imidazole rings is 1. The summed E-state index contributed by atoms with van der Waals surface area (Å²) in [6, 6.07) is 6.27. The first-order valence-electron chi connectivity index (χ1n) is 9.28. The molecule has 0 saturated heterocycles. The molecular formula is C20H27N3O2. The highest BCUT2D eigenvalue weighted by molar-refractivity contribution is 5.81. The Hall–Kier alpha value is -2.30. The van der Waals surface area contributed by atoms with Gasteiger partial charge in [0.2, 0.25) is 0 Å². The Balaban J connectivity index is 1.48. The molecule has 1 aromatic carbocycles. The Labute approximate surface area is 149 Å². The smallest absolute Gasteiger partial charge is 0.261 e. The molecule has 25 heavy (non-hydrogen) atoms. The summed E-state index contributed by atoms with van der Waals surface area (Å²) < 4.78 is 7.97. The van der Waals surface area contributed by atoms with Gasteiger partial charge >= 0.3 is 0 Å². The van der Waals surface area contributed by atoms with E-state index in [2.05, 4.69) is 22.4 Å². The maximum absolute atomic E-state index is 12.4. The third kappa shape index (κ3) is 4.84. The lowest BCUT2D eigenvalue weighted by atomic mass is 9.92. The van der Waals surface area contributed by atoms with Crippen molar-refractivity contribution in [1.82, 2.24) is 14.9 Å². The predicted octanol–water partition coefficient (Wildman–Crippen LogP) is 3.13. The van der Waals surface area contributed by atoms with E-state index in [0.717, 1.165) is 31.6 Å². The third-order valence-corrected chi connectivity index (χ3v) is 4.71. The minimum atomic E-state index is -0.435. The largest absolute Gasteiger partial charge is 0.481 e. The van der Waals surface area contributed by atoms with Crippen LogP contribution in [-0.2, 0) is 24.2 Å². The maximum atomic E-state index is 12.4. The molecule has 1 unspecified atom stereocenters. The average molecular weight is 341 g/mol. The highest BCUT2D eigenvalue weighted by Gasteiger charge is 2.19. The molecule has 1 aliphatic carbocycles. The summed E-state index contributed by atoms with van der Waals surface area (Å²) in [5.41, 5.74) is 2.80. The van der Waals surface area contributed by atoms with Crippen LogP contribution in [0.2, 0.25) is 0 Å². The van der Waals surface area contributed by atoms with Crippen molar-refractivity contribution < 1.29 is 9.53 Å². The molecule has 0 bridgehead atoms. The van der Waals surface area contributed by atoms with Crippen molar-refractivity contribution in [3.63, 3.8) is 0 Å². The lowest BCUT2D eigenvalue weighted by molar-refractivity contribution is -0.128. The molecule has 5 heteroatoms. The highest BCUT2D eigenvalue weighted by Crippen LogP contribution is 2.26. The zero-order valence-electron chi connectivity index (χ0n) is 14.9. The second kappa shape index (κ2) is 8.70. The van der Waals surface area contributed by atoms with Crippen LogP contribution < -0.4 is 10.1 Å². The second-order valence-electron chi connectivity index (χ2n) is 6.60. The van der Waals surface area contributed by atoms with E-state index in [1.807, 2.05) is 23.8 Å². The number of hydrogen-bond donors (Lipinski definition) is 1. The van der Waals surface area contributed by atoms with Crippen molar-refractivity contribution in [3.05, 3.63) is 48.0 Å². The van der Waals surface area contributed by atoms with E-state index in [1.165, 1.54) is 24.0 Å². The molecule has 0 radical (unpaired) electrons.